The highest BCUT2D eigenvalue weighted by Crippen LogP contribution is 2.09. The minimum Gasteiger partial charge on any atom is -0.480 e. The van der Waals surface area contributed by atoms with Crippen LogP contribution in [0.1, 0.15) is 47.5 Å². The van der Waals surface area contributed by atoms with Crippen LogP contribution in [0.25, 0.3) is 0 Å². The molecule has 7 nitrogen and oxygen atoms in total. The first-order valence-electron chi connectivity index (χ1n) is 7.63. The molecule has 0 radical (unpaired) electrons. The third-order valence-corrected chi connectivity index (χ3v) is 3.08. The number of carboxylic acid groups (broad SMARTS) is 1. The maximum Gasteiger partial charge on any atom is 0.326 e. The van der Waals surface area contributed by atoms with Crippen LogP contribution < -0.4 is 16.4 Å². The maximum atomic E-state index is 12.3. The van der Waals surface area contributed by atoms with Gasteiger partial charge in [-0.2, -0.15) is 0 Å². The Balaban J connectivity index is 4.93. The van der Waals surface area contributed by atoms with E-state index >= 15 is 0 Å². The highest BCUT2D eigenvalue weighted by Gasteiger charge is 2.28. The van der Waals surface area contributed by atoms with E-state index in [9.17, 15) is 19.5 Å². The number of amides is 2. The van der Waals surface area contributed by atoms with Crippen LogP contribution in [0.4, 0.5) is 0 Å². The molecule has 0 aromatic heterocycles. The van der Waals surface area contributed by atoms with Gasteiger partial charge in [0.1, 0.15) is 12.1 Å². The number of nitrogens with one attached hydrogen (secondary N) is 2. The normalized spacial score (nSPS) is 15.3. The van der Waals surface area contributed by atoms with Crippen LogP contribution in [0, 0.1) is 11.8 Å². The average Bonchev–Trinajstić information content (AvgIpc) is 2.35. The van der Waals surface area contributed by atoms with Gasteiger partial charge in [0.2, 0.25) is 11.8 Å². The molecule has 7 heteroatoms. The fraction of sp³-hybridized carbons (Fsp3) is 0.800. The molecule has 0 spiro atoms. The van der Waals surface area contributed by atoms with Gasteiger partial charge >= 0.3 is 5.97 Å². The minimum atomic E-state index is -1.08. The van der Waals surface area contributed by atoms with E-state index < -0.39 is 35.9 Å². The van der Waals surface area contributed by atoms with E-state index in [1.807, 2.05) is 27.7 Å². The van der Waals surface area contributed by atoms with Crippen molar-refractivity contribution < 1.29 is 19.5 Å². The molecule has 0 aliphatic heterocycles. The average molecular weight is 315 g/mol. The van der Waals surface area contributed by atoms with E-state index in [1.54, 1.807) is 0 Å². The van der Waals surface area contributed by atoms with E-state index in [4.69, 9.17) is 5.73 Å². The molecule has 0 rings (SSSR count). The lowest BCUT2D eigenvalue weighted by Gasteiger charge is -2.24. The van der Waals surface area contributed by atoms with Gasteiger partial charge in [-0.15, -0.1) is 0 Å². The minimum absolute atomic E-state index is 0.128. The van der Waals surface area contributed by atoms with E-state index in [0.717, 1.165) is 0 Å². The molecule has 0 bridgehead atoms. The molecule has 3 atom stereocenters. The zero-order valence-corrected chi connectivity index (χ0v) is 14.1. The molecule has 0 heterocycles. The molecule has 128 valence electrons. The van der Waals surface area contributed by atoms with E-state index in [0.29, 0.717) is 12.8 Å². The van der Waals surface area contributed by atoms with Crippen molar-refractivity contribution in [3.63, 3.8) is 0 Å². The molecular formula is C15H29N3O4. The molecule has 0 aromatic carbocycles. The number of carbonyl (C=O) groups is 3. The van der Waals surface area contributed by atoms with Crippen molar-refractivity contribution in [2.75, 3.05) is 0 Å². The molecule has 0 saturated carbocycles. The van der Waals surface area contributed by atoms with Crippen molar-refractivity contribution >= 4 is 17.8 Å². The zero-order valence-electron chi connectivity index (χ0n) is 14.1. The van der Waals surface area contributed by atoms with Crippen LogP contribution in [0.15, 0.2) is 0 Å². The van der Waals surface area contributed by atoms with Crippen LogP contribution >= 0.6 is 0 Å². The predicted octanol–water partition coefficient (Wildman–Crippen LogP) is 0.480. The number of carboxylic acids is 1. The van der Waals surface area contributed by atoms with Gasteiger partial charge in [-0.3, -0.25) is 9.59 Å². The van der Waals surface area contributed by atoms with Crippen LogP contribution in [-0.4, -0.2) is 41.0 Å². The smallest absolute Gasteiger partial charge is 0.326 e. The van der Waals surface area contributed by atoms with Crippen LogP contribution in [-0.2, 0) is 14.4 Å². The molecule has 0 aromatic rings. The summed E-state index contributed by atoms with van der Waals surface area (Å²) in [5, 5.41) is 14.3. The molecule has 0 aliphatic carbocycles. The van der Waals surface area contributed by atoms with Crippen molar-refractivity contribution in [2.24, 2.45) is 17.6 Å². The number of aliphatic carboxylic acids is 1. The number of hydrogen-bond donors (Lipinski definition) is 4. The van der Waals surface area contributed by atoms with Gasteiger partial charge in [-0.25, -0.2) is 4.79 Å². The SMILES string of the molecule is CC(C)C[C@H](NC(=O)[C@H](CC(C)C)NC(=O)[C@H](C)N)C(=O)O. The highest BCUT2D eigenvalue weighted by molar-refractivity contribution is 5.91. The fourth-order valence-electron chi connectivity index (χ4n) is 1.97. The molecule has 22 heavy (non-hydrogen) atoms. The van der Waals surface area contributed by atoms with Gasteiger partial charge < -0.3 is 21.5 Å². The van der Waals surface area contributed by atoms with Crippen LogP contribution in [0.3, 0.4) is 0 Å². The third kappa shape index (κ3) is 7.97. The Hall–Kier alpha value is -1.63. The standard InChI is InChI=1S/C15H29N3O4/c1-8(2)6-11(17-13(19)10(5)16)14(20)18-12(15(21)22)7-9(3)4/h8-12H,6-7,16H2,1-5H3,(H,17,19)(H,18,20)(H,21,22)/t10-,11-,12-/m0/s1. The summed E-state index contributed by atoms with van der Waals surface area (Å²) in [5.74, 6) is -1.71. The van der Waals surface area contributed by atoms with Crippen molar-refractivity contribution in [1.29, 1.82) is 0 Å². The Morgan fingerprint density at radius 2 is 1.27 bits per heavy atom. The summed E-state index contributed by atoms with van der Waals surface area (Å²) in [7, 11) is 0. The number of hydrogen-bond acceptors (Lipinski definition) is 4. The first-order valence-corrected chi connectivity index (χ1v) is 7.63. The number of nitrogens with two attached hydrogens (primary N) is 1. The Bertz CT molecular complexity index is 394. The summed E-state index contributed by atoms with van der Waals surface area (Å²) in [6.45, 7) is 9.12. The van der Waals surface area contributed by atoms with Gasteiger partial charge in [0.05, 0.1) is 6.04 Å². The molecule has 0 unspecified atom stereocenters. The second-order valence-corrected chi connectivity index (χ2v) is 6.51. The number of carbonyl (C=O) groups excluding carboxylic acids is 2. The monoisotopic (exact) mass is 315 g/mol. The van der Waals surface area contributed by atoms with Crippen molar-refractivity contribution in [2.45, 2.75) is 65.6 Å². The van der Waals surface area contributed by atoms with Gasteiger partial charge in [0.15, 0.2) is 0 Å². The third-order valence-electron chi connectivity index (χ3n) is 3.08. The second kappa shape index (κ2) is 9.40. The fourth-order valence-corrected chi connectivity index (χ4v) is 1.97. The lowest BCUT2D eigenvalue weighted by atomic mass is 10.0. The summed E-state index contributed by atoms with van der Waals surface area (Å²) in [6.07, 6.45) is 0.745. The molecule has 0 fully saturated rings. The van der Waals surface area contributed by atoms with Crippen LogP contribution in [0.2, 0.25) is 0 Å². The topological polar surface area (TPSA) is 122 Å². The molecule has 2 amide bonds. The quantitative estimate of drug-likeness (QED) is 0.493. The van der Waals surface area contributed by atoms with Crippen molar-refractivity contribution in [3.8, 4) is 0 Å². The van der Waals surface area contributed by atoms with Crippen LogP contribution in [0.5, 0.6) is 0 Å². The number of rotatable bonds is 9. The zero-order chi connectivity index (χ0) is 17.4. The Morgan fingerprint density at radius 3 is 1.64 bits per heavy atom. The molecule has 0 aliphatic rings. The summed E-state index contributed by atoms with van der Waals surface area (Å²) in [5.41, 5.74) is 5.49. The summed E-state index contributed by atoms with van der Waals surface area (Å²) in [6, 6.07) is -2.48. The summed E-state index contributed by atoms with van der Waals surface area (Å²) >= 11 is 0. The van der Waals surface area contributed by atoms with Gasteiger partial charge in [-0.1, -0.05) is 27.7 Å². The largest absolute Gasteiger partial charge is 0.480 e. The Kier molecular flexibility index (Phi) is 8.70. The first-order chi connectivity index (χ1) is 10.0. The maximum absolute atomic E-state index is 12.3. The predicted molar refractivity (Wildman–Crippen MR) is 84.1 cm³/mol. The summed E-state index contributed by atoms with van der Waals surface area (Å²) in [4.78, 5) is 35.2. The van der Waals surface area contributed by atoms with E-state index in [2.05, 4.69) is 10.6 Å². The van der Waals surface area contributed by atoms with Gasteiger partial charge in [-0.05, 0) is 31.6 Å². The van der Waals surface area contributed by atoms with Crippen molar-refractivity contribution in [1.82, 2.24) is 10.6 Å². The lowest BCUT2D eigenvalue weighted by molar-refractivity contribution is -0.142. The van der Waals surface area contributed by atoms with Gasteiger partial charge in [0, 0.05) is 0 Å². The highest BCUT2D eigenvalue weighted by atomic mass is 16.4. The Labute approximate surface area is 132 Å². The van der Waals surface area contributed by atoms with Gasteiger partial charge in [0.25, 0.3) is 0 Å². The second-order valence-electron chi connectivity index (χ2n) is 6.51. The lowest BCUT2D eigenvalue weighted by Crippen LogP contribution is -2.54. The molecule has 5 N–H and O–H groups in total. The first kappa shape index (κ1) is 20.4. The summed E-state index contributed by atoms with van der Waals surface area (Å²) < 4.78 is 0. The van der Waals surface area contributed by atoms with Crippen molar-refractivity contribution in [3.05, 3.63) is 0 Å². The van der Waals surface area contributed by atoms with E-state index in [-0.39, 0.29) is 11.8 Å². The Morgan fingerprint density at radius 1 is 0.864 bits per heavy atom. The molecular weight excluding hydrogens is 286 g/mol. The van der Waals surface area contributed by atoms with E-state index in [1.165, 1.54) is 6.92 Å². The molecule has 0 saturated heterocycles.